The number of benzene rings is 1. The number of hydrogen-bond donors (Lipinski definition) is 2. The highest BCUT2D eigenvalue weighted by molar-refractivity contribution is 6.03. The van der Waals surface area contributed by atoms with Crippen molar-refractivity contribution in [2.45, 2.75) is 37.1 Å². The molecule has 0 radical (unpaired) electrons. The number of hydrogen-bond acceptors (Lipinski definition) is 5. The van der Waals surface area contributed by atoms with Crippen LogP contribution in [0.15, 0.2) is 35.3 Å². The molecule has 2 aromatic heterocycles. The summed E-state index contributed by atoms with van der Waals surface area (Å²) in [5.41, 5.74) is 4.87. The molecule has 2 aliphatic rings. The largest absolute Gasteiger partial charge is 0.368 e. The van der Waals surface area contributed by atoms with Crippen molar-refractivity contribution in [1.29, 1.82) is 0 Å². The third-order valence-electron chi connectivity index (χ3n) is 6.20. The van der Waals surface area contributed by atoms with Crippen LogP contribution < -0.4 is 11.2 Å². The molecule has 5 rings (SSSR count). The molecule has 4 heterocycles. The summed E-state index contributed by atoms with van der Waals surface area (Å²) in [6.45, 7) is 0.454. The highest BCUT2D eigenvalue weighted by atomic mass is 19.3. The van der Waals surface area contributed by atoms with E-state index in [1.807, 2.05) is 0 Å². The van der Waals surface area contributed by atoms with E-state index in [-0.39, 0.29) is 33.4 Å². The van der Waals surface area contributed by atoms with Crippen LogP contribution in [-0.4, -0.2) is 40.6 Å². The lowest BCUT2D eigenvalue weighted by Crippen LogP contribution is -2.34. The molecule has 0 aliphatic carbocycles. The number of ether oxygens (including phenoxy) is 2. The maximum atomic E-state index is 14.5. The molecule has 0 bridgehead atoms. The number of aromatic amines is 1. The molecule has 11 heteroatoms. The van der Waals surface area contributed by atoms with Crippen molar-refractivity contribution in [3.63, 3.8) is 0 Å². The Kier molecular flexibility index (Phi) is 4.80. The molecule has 0 spiro atoms. The fourth-order valence-electron chi connectivity index (χ4n) is 4.70. The number of carbonyl (C=O) groups is 1. The normalized spacial score (nSPS) is 26.0. The average molecular weight is 463 g/mol. The van der Waals surface area contributed by atoms with Gasteiger partial charge in [-0.3, -0.25) is 14.6 Å². The first-order valence-corrected chi connectivity index (χ1v) is 10.0. The van der Waals surface area contributed by atoms with Crippen molar-refractivity contribution in [2.24, 2.45) is 5.73 Å². The summed E-state index contributed by atoms with van der Waals surface area (Å²) in [6, 6.07) is 4.72. The number of fused-ring (bicyclic) bond motifs is 2. The van der Waals surface area contributed by atoms with Crippen molar-refractivity contribution in [3.05, 3.63) is 74.8 Å². The Hall–Kier alpha value is -3.31. The molecule has 1 amide bonds. The molecule has 1 aromatic carbocycles. The Morgan fingerprint density at radius 1 is 1.27 bits per heavy atom. The van der Waals surface area contributed by atoms with E-state index in [2.05, 4.69) is 9.97 Å². The number of rotatable bonds is 3. The smallest absolute Gasteiger partial charge is 0.299 e. The number of H-pyrrole nitrogens is 1. The summed E-state index contributed by atoms with van der Waals surface area (Å²) in [5, 5.41) is -0.0610. The standard InChI is InChI=1S/C22H17F4N3O4/c1-8-9(2-3-10(23)16(8)24)14-18(33-20-19(14)32-7-22(20,25)26)12-6-13(30)15-11(29-12)4-5-28-17(15)21(27)31/h2-6,14,18-20H,7H2,1H3,(H2,27,31)(H,29,30)/t14-,18-,19-,20+/m0/s1. The van der Waals surface area contributed by atoms with Crippen LogP contribution in [0.4, 0.5) is 17.6 Å². The van der Waals surface area contributed by atoms with E-state index in [1.54, 1.807) is 0 Å². The van der Waals surface area contributed by atoms with Crippen molar-refractivity contribution in [3.8, 4) is 0 Å². The fraction of sp³-hybridized carbons (Fsp3) is 0.318. The molecule has 2 saturated heterocycles. The fourth-order valence-corrected chi connectivity index (χ4v) is 4.70. The number of nitrogens with two attached hydrogens (primary N) is 1. The lowest BCUT2D eigenvalue weighted by molar-refractivity contribution is -0.116. The quantitative estimate of drug-likeness (QED) is 0.581. The van der Waals surface area contributed by atoms with Crippen LogP contribution in [0.2, 0.25) is 0 Å². The maximum Gasteiger partial charge on any atom is 0.299 e. The number of carbonyl (C=O) groups excluding carboxylic acids is 1. The van der Waals surface area contributed by atoms with E-state index in [0.717, 1.165) is 12.1 Å². The summed E-state index contributed by atoms with van der Waals surface area (Å²) in [4.78, 5) is 31.3. The zero-order chi connectivity index (χ0) is 23.7. The molecule has 0 saturated carbocycles. The number of pyridine rings is 2. The molecule has 2 aliphatic heterocycles. The molecule has 172 valence electrons. The summed E-state index contributed by atoms with van der Waals surface area (Å²) >= 11 is 0. The van der Waals surface area contributed by atoms with Gasteiger partial charge >= 0.3 is 0 Å². The number of primary amides is 1. The van der Waals surface area contributed by atoms with E-state index in [4.69, 9.17) is 15.2 Å². The molecule has 3 aromatic rings. The number of nitrogens with zero attached hydrogens (tertiary/aromatic N) is 1. The monoisotopic (exact) mass is 463 g/mol. The van der Waals surface area contributed by atoms with Crippen molar-refractivity contribution in [2.75, 3.05) is 6.61 Å². The molecule has 2 fully saturated rings. The molecule has 3 N–H and O–H groups in total. The van der Waals surface area contributed by atoms with Gasteiger partial charge in [0, 0.05) is 23.9 Å². The minimum atomic E-state index is -3.32. The molecule has 7 nitrogen and oxygen atoms in total. The van der Waals surface area contributed by atoms with Gasteiger partial charge in [-0.25, -0.2) is 17.6 Å². The Morgan fingerprint density at radius 3 is 2.76 bits per heavy atom. The van der Waals surface area contributed by atoms with E-state index < -0.39 is 59.7 Å². The second-order valence-corrected chi connectivity index (χ2v) is 8.15. The number of aromatic nitrogens is 2. The van der Waals surface area contributed by atoms with Crippen molar-refractivity contribution in [1.82, 2.24) is 9.97 Å². The average Bonchev–Trinajstić information content (AvgIpc) is 3.29. The first-order chi connectivity index (χ1) is 15.6. The Morgan fingerprint density at radius 2 is 2.03 bits per heavy atom. The Bertz CT molecular complexity index is 1360. The van der Waals surface area contributed by atoms with Crippen LogP contribution in [0.3, 0.4) is 0 Å². The van der Waals surface area contributed by atoms with Gasteiger partial charge in [-0.1, -0.05) is 6.07 Å². The van der Waals surface area contributed by atoms with Crippen LogP contribution in [-0.2, 0) is 9.47 Å². The van der Waals surface area contributed by atoms with E-state index in [9.17, 15) is 27.2 Å². The van der Waals surface area contributed by atoms with Crippen molar-refractivity contribution >= 4 is 16.8 Å². The van der Waals surface area contributed by atoms with Crippen LogP contribution in [0.5, 0.6) is 0 Å². The number of alkyl halides is 2. The number of halogens is 4. The molecular weight excluding hydrogens is 446 g/mol. The van der Waals surface area contributed by atoms with Gasteiger partial charge in [-0.2, -0.15) is 0 Å². The molecule has 0 unspecified atom stereocenters. The van der Waals surface area contributed by atoms with E-state index in [0.29, 0.717) is 0 Å². The topological polar surface area (TPSA) is 107 Å². The van der Waals surface area contributed by atoms with Crippen LogP contribution >= 0.6 is 0 Å². The van der Waals surface area contributed by atoms with E-state index >= 15 is 0 Å². The number of amides is 1. The lowest BCUT2D eigenvalue weighted by atomic mass is 9.84. The predicted octanol–water partition coefficient (Wildman–Crippen LogP) is 2.87. The van der Waals surface area contributed by atoms with Gasteiger partial charge in [0.15, 0.2) is 23.2 Å². The highest BCUT2D eigenvalue weighted by Gasteiger charge is 2.62. The highest BCUT2D eigenvalue weighted by Crippen LogP contribution is 2.53. The summed E-state index contributed by atoms with van der Waals surface area (Å²) in [5.74, 6) is -7.38. The summed E-state index contributed by atoms with van der Waals surface area (Å²) < 4.78 is 68.1. The SMILES string of the molecule is Cc1c([C@@H]2[C@@H]3OCC(F)(F)[C@@H]3O[C@H]2c2cc(=O)c3c(C(N)=O)nccc3[nH]2)ccc(F)c1F. The zero-order valence-electron chi connectivity index (χ0n) is 17.1. The summed E-state index contributed by atoms with van der Waals surface area (Å²) in [6.07, 6.45) is -2.72. The molecule has 33 heavy (non-hydrogen) atoms. The van der Waals surface area contributed by atoms with Crippen LogP contribution in [0.1, 0.15) is 39.3 Å². The first kappa shape index (κ1) is 21.5. The van der Waals surface area contributed by atoms with Gasteiger partial charge in [-0.05, 0) is 30.2 Å². The third kappa shape index (κ3) is 3.22. The Balaban J connectivity index is 1.69. The van der Waals surface area contributed by atoms with Gasteiger partial charge in [0.25, 0.3) is 11.8 Å². The molecular formula is C22H17F4N3O4. The van der Waals surface area contributed by atoms with Crippen LogP contribution in [0, 0.1) is 18.6 Å². The van der Waals surface area contributed by atoms with Gasteiger partial charge < -0.3 is 20.2 Å². The zero-order valence-corrected chi connectivity index (χ0v) is 17.1. The third-order valence-corrected chi connectivity index (χ3v) is 6.20. The minimum Gasteiger partial charge on any atom is -0.368 e. The van der Waals surface area contributed by atoms with E-state index in [1.165, 1.54) is 25.3 Å². The second-order valence-electron chi connectivity index (χ2n) is 8.15. The van der Waals surface area contributed by atoms with Gasteiger partial charge in [0.1, 0.15) is 18.4 Å². The molecule has 4 atom stereocenters. The van der Waals surface area contributed by atoms with Crippen LogP contribution in [0.25, 0.3) is 10.9 Å². The second kappa shape index (κ2) is 7.35. The van der Waals surface area contributed by atoms with Gasteiger partial charge in [-0.15, -0.1) is 0 Å². The number of nitrogens with one attached hydrogen (secondary N) is 1. The Labute approximate surface area is 183 Å². The lowest BCUT2D eigenvalue weighted by Gasteiger charge is -2.25. The summed E-state index contributed by atoms with van der Waals surface area (Å²) in [7, 11) is 0. The maximum absolute atomic E-state index is 14.5. The van der Waals surface area contributed by atoms with Crippen molar-refractivity contribution < 1.29 is 31.8 Å². The minimum absolute atomic E-state index is 0.0610. The van der Waals surface area contributed by atoms with Gasteiger partial charge in [0.05, 0.1) is 17.0 Å². The van der Waals surface area contributed by atoms with Gasteiger partial charge in [0.2, 0.25) is 0 Å². The predicted molar refractivity (Wildman–Crippen MR) is 107 cm³/mol. The first-order valence-electron chi connectivity index (χ1n) is 10.0.